The van der Waals surface area contributed by atoms with Crippen molar-refractivity contribution in [2.75, 3.05) is 6.54 Å². The average molecular weight is 372 g/mol. The monoisotopic (exact) mass is 372 g/mol. The first kappa shape index (κ1) is 18.8. The summed E-state index contributed by atoms with van der Waals surface area (Å²) in [7, 11) is 0. The minimum atomic E-state index is -0.384. The van der Waals surface area contributed by atoms with Gasteiger partial charge in [-0.1, -0.05) is 19.0 Å². The first-order valence-electron chi connectivity index (χ1n) is 8.83. The van der Waals surface area contributed by atoms with Crippen LogP contribution in [0.15, 0.2) is 39.9 Å². The lowest BCUT2D eigenvalue weighted by molar-refractivity contribution is -0.121. The minimum Gasteiger partial charge on any atom is -0.356 e. The van der Waals surface area contributed by atoms with Gasteiger partial charge in [0.2, 0.25) is 5.91 Å². The van der Waals surface area contributed by atoms with Crippen molar-refractivity contribution in [3.63, 3.8) is 0 Å². The summed E-state index contributed by atoms with van der Waals surface area (Å²) in [6.45, 7) is 4.99. The van der Waals surface area contributed by atoms with E-state index < -0.39 is 0 Å². The molecule has 0 unspecified atom stereocenters. The zero-order valence-electron chi connectivity index (χ0n) is 15.2. The van der Waals surface area contributed by atoms with Crippen LogP contribution in [-0.4, -0.2) is 27.2 Å². The maximum absolute atomic E-state index is 13.1. The third-order valence-corrected chi connectivity index (χ3v) is 4.20. The molecule has 3 rings (SSSR count). The number of benzene rings is 1. The second-order valence-electron chi connectivity index (χ2n) is 6.74. The molecule has 8 heteroatoms. The second kappa shape index (κ2) is 8.11. The van der Waals surface area contributed by atoms with Crippen LogP contribution in [0.5, 0.6) is 0 Å². The Bertz CT molecular complexity index is 992. The Morgan fingerprint density at radius 1 is 1.30 bits per heavy atom. The molecule has 0 saturated carbocycles. The van der Waals surface area contributed by atoms with Gasteiger partial charge in [-0.2, -0.15) is 0 Å². The number of fused-ring (bicyclic) bond motifs is 1. The summed E-state index contributed by atoms with van der Waals surface area (Å²) in [6, 6.07) is 5.61. The minimum absolute atomic E-state index is 0.108. The van der Waals surface area contributed by atoms with Gasteiger partial charge in [-0.3, -0.25) is 14.2 Å². The molecule has 2 aromatic heterocycles. The number of hydrogen-bond donors (Lipinski definition) is 1. The fraction of sp³-hybridized carbons (Fsp3) is 0.368. The van der Waals surface area contributed by atoms with Gasteiger partial charge in [0.25, 0.3) is 11.3 Å². The summed E-state index contributed by atoms with van der Waals surface area (Å²) in [5.74, 6) is 0.00953. The summed E-state index contributed by atoms with van der Waals surface area (Å²) in [5, 5.41) is 6.95. The van der Waals surface area contributed by atoms with E-state index in [-0.39, 0.29) is 41.3 Å². The van der Waals surface area contributed by atoms with E-state index in [1.807, 2.05) is 0 Å². The molecule has 3 aromatic rings. The van der Waals surface area contributed by atoms with Crippen molar-refractivity contribution in [2.24, 2.45) is 5.92 Å². The van der Waals surface area contributed by atoms with Gasteiger partial charge >= 0.3 is 0 Å². The Kier molecular flexibility index (Phi) is 5.63. The summed E-state index contributed by atoms with van der Waals surface area (Å²) in [4.78, 5) is 28.8. The van der Waals surface area contributed by atoms with E-state index in [0.29, 0.717) is 23.7 Å². The lowest BCUT2D eigenvalue weighted by Gasteiger charge is -2.08. The normalized spacial score (nSPS) is 11.3. The Morgan fingerprint density at radius 2 is 2.04 bits per heavy atom. The highest BCUT2D eigenvalue weighted by Crippen LogP contribution is 2.24. The number of nitrogens with one attached hydrogen (secondary N) is 1. The largest absolute Gasteiger partial charge is 0.356 e. The number of hydrogen-bond acceptors (Lipinski definition) is 5. The van der Waals surface area contributed by atoms with Gasteiger partial charge in [0.15, 0.2) is 0 Å². The highest BCUT2D eigenvalue weighted by Gasteiger charge is 2.17. The topological polar surface area (TPSA) is 90.0 Å². The number of halogens is 1. The maximum Gasteiger partial charge on any atom is 0.266 e. The zero-order chi connectivity index (χ0) is 19.4. The SMILES string of the molecule is CC(C)CCNC(=O)CCn1cnc2onc(-c3ccc(F)cc3)c2c1=O. The summed E-state index contributed by atoms with van der Waals surface area (Å²) in [5.41, 5.74) is 0.615. The van der Waals surface area contributed by atoms with E-state index in [4.69, 9.17) is 4.52 Å². The van der Waals surface area contributed by atoms with Gasteiger partial charge in [-0.15, -0.1) is 0 Å². The Hall–Kier alpha value is -3.03. The first-order valence-corrected chi connectivity index (χ1v) is 8.83. The Balaban J connectivity index is 1.78. The van der Waals surface area contributed by atoms with Crippen LogP contribution in [0.4, 0.5) is 4.39 Å². The van der Waals surface area contributed by atoms with Gasteiger partial charge < -0.3 is 9.84 Å². The van der Waals surface area contributed by atoms with Crippen LogP contribution in [0.2, 0.25) is 0 Å². The van der Waals surface area contributed by atoms with Crippen LogP contribution in [-0.2, 0) is 11.3 Å². The molecule has 0 saturated heterocycles. The van der Waals surface area contributed by atoms with Crippen molar-refractivity contribution in [3.05, 3.63) is 46.8 Å². The summed E-state index contributed by atoms with van der Waals surface area (Å²) < 4.78 is 19.6. The Labute approximate surface area is 155 Å². The molecule has 0 fully saturated rings. The van der Waals surface area contributed by atoms with Crippen LogP contribution in [0, 0.1) is 11.7 Å². The van der Waals surface area contributed by atoms with E-state index in [1.165, 1.54) is 35.2 Å². The quantitative estimate of drug-likeness (QED) is 0.689. The molecule has 0 spiro atoms. The number of aryl methyl sites for hydroxylation is 1. The van der Waals surface area contributed by atoms with Crippen LogP contribution >= 0.6 is 0 Å². The second-order valence-corrected chi connectivity index (χ2v) is 6.74. The molecular weight excluding hydrogens is 351 g/mol. The number of aromatic nitrogens is 3. The van der Waals surface area contributed by atoms with Crippen molar-refractivity contribution in [2.45, 2.75) is 33.2 Å². The zero-order valence-corrected chi connectivity index (χ0v) is 15.2. The van der Waals surface area contributed by atoms with E-state index in [1.54, 1.807) is 0 Å². The van der Waals surface area contributed by atoms with Crippen molar-refractivity contribution in [1.82, 2.24) is 20.0 Å². The van der Waals surface area contributed by atoms with E-state index in [0.717, 1.165) is 6.42 Å². The van der Waals surface area contributed by atoms with Crippen LogP contribution in [0.25, 0.3) is 22.4 Å². The van der Waals surface area contributed by atoms with Crippen molar-refractivity contribution in [1.29, 1.82) is 0 Å². The van der Waals surface area contributed by atoms with Crippen molar-refractivity contribution < 1.29 is 13.7 Å². The predicted octanol–water partition coefficient (Wildman–Crippen LogP) is 2.74. The predicted molar refractivity (Wildman–Crippen MR) is 98.5 cm³/mol. The van der Waals surface area contributed by atoms with E-state index in [9.17, 15) is 14.0 Å². The lowest BCUT2D eigenvalue weighted by Crippen LogP contribution is -2.28. The van der Waals surface area contributed by atoms with Gasteiger partial charge in [-0.05, 0) is 36.6 Å². The van der Waals surface area contributed by atoms with Crippen molar-refractivity contribution >= 4 is 17.0 Å². The van der Waals surface area contributed by atoms with Crippen molar-refractivity contribution in [3.8, 4) is 11.3 Å². The fourth-order valence-electron chi connectivity index (χ4n) is 2.66. The molecular formula is C19H21FN4O3. The van der Waals surface area contributed by atoms with E-state index >= 15 is 0 Å². The van der Waals surface area contributed by atoms with Crippen LogP contribution in [0.1, 0.15) is 26.7 Å². The highest BCUT2D eigenvalue weighted by molar-refractivity contribution is 5.88. The average Bonchev–Trinajstić information content (AvgIpc) is 3.06. The maximum atomic E-state index is 13.1. The van der Waals surface area contributed by atoms with Gasteiger partial charge in [-0.25, -0.2) is 9.37 Å². The molecule has 2 heterocycles. The third-order valence-electron chi connectivity index (χ3n) is 4.20. The van der Waals surface area contributed by atoms with E-state index in [2.05, 4.69) is 29.3 Å². The number of amides is 1. The number of rotatable bonds is 7. The molecule has 1 amide bonds. The molecule has 27 heavy (non-hydrogen) atoms. The standard InChI is InChI=1S/C19H21FN4O3/c1-12(2)7-9-21-15(25)8-10-24-11-22-18-16(19(24)26)17(23-27-18)13-3-5-14(20)6-4-13/h3-6,11-12H,7-10H2,1-2H3,(H,21,25). The molecule has 1 N–H and O–H groups in total. The highest BCUT2D eigenvalue weighted by atomic mass is 19.1. The molecule has 0 bridgehead atoms. The first-order chi connectivity index (χ1) is 13.0. The van der Waals surface area contributed by atoms with Gasteiger partial charge in [0, 0.05) is 25.1 Å². The summed E-state index contributed by atoms with van der Waals surface area (Å²) >= 11 is 0. The molecule has 0 aliphatic carbocycles. The summed E-state index contributed by atoms with van der Waals surface area (Å²) in [6.07, 6.45) is 2.41. The molecule has 1 aromatic carbocycles. The van der Waals surface area contributed by atoms with Gasteiger partial charge in [0.1, 0.15) is 23.2 Å². The molecule has 0 aliphatic heterocycles. The molecule has 0 aliphatic rings. The molecule has 0 atom stereocenters. The van der Waals surface area contributed by atoms with Crippen LogP contribution in [0.3, 0.4) is 0 Å². The molecule has 7 nitrogen and oxygen atoms in total. The molecule has 142 valence electrons. The number of nitrogens with zero attached hydrogens (tertiary/aromatic N) is 3. The lowest BCUT2D eigenvalue weighted by atomic mass is 10.1. The third kappa shape index (κ3) is 4.39. The molecule has 0 radical (unpaired) electrons. The number of carbonyl (C=O) groups excluding carboxylic acids is 1. The van der Waals surface area contributed by atoms with Crippen LogP contribution < -0.4 is 10.9 Å². The smallest absolute Gasteiger partial charge is 0.266 e. The number of carbonyl (C=O) groups is 1. The Morgan fingerprint density at radius 3 is 2.74 bits per heavy atom. The van der Waals surface area contributed by atoms with Gasteiger partial charge in [0.05, 0.1) is 0 Å². The fourth-order valence-corrected chi connectivity index (χ4v) is 2.66.